The molecule has 1 aliphatic heterocycles. The summed E-state index contributed by atoms with van der Waals surface area (Å²) in [4.78, 5) is 22.9. The van der Waals surface area contributed by atoms with Crippen molar-refractivity contribution in [3.05, 3.63) is 35.9 Å². The van der Waals surface area contributed by atoms with Gasteiger partial charge >= 0.3 is 6.03 Å². The van der Waals surface area contributed by atoms with Gasteiger partial charge in [-0.25, -0.2) is 4.79 Å². The van der Waals surface area contributed by atoms with Gasteiger partial charge in [0.1, 0.15) is 11.6 Å². The number of urea groups is 1. The Balaban J connectivity index is 2.01. The maximum atomic E-state index is 11.5. The van der Waals surface area contributed by atoms with Gasteiger partial charge in [0, 0.05) is 7.05 Å². The van der Waals surface area contributed by atoms with Crippen molar-refractivity contribution in [1.82, 2.24) is 10.6 Å². The summed E-state index contributed by atoms with van der Waals surface area (Å²) < 4.78 is 11.0. The van der Waals surface area contributed by atoms with Gasteiger partial charge < -0.3 is 24.9 Å². The normalized spacial score (nSPS) is 25.1. The molecule has 20 heavy (non-hydrogen) atoms. The van der Waals surface area contributed by atoms with Gasteiger partial charge in [0.25, 0.3) is 0 Å². The number of carbonyl (C=O) groups excluding carboxylic acids is 2. The number of hydrogen-bond donors (Lipinski definition) is 2. The van der Waals surface area contributed by atoms with Crippen molar-refractivity contribution < 1.29 is 19.1 Å². The second kappa shape index (κ2) is 6.49. The van der Waals surface area contributed by atoms with E-state index in [-0.39, 0.29) is 13.2 Å². The summed E-state index contributed by atoms with van der Waals surface area (Å²) in [5, 5.41) is 5.04. The minimum absolute atomic E-state index is 0.114. The summed E-state index contributed by atoms with van der Waals surface area (Å²) >= 11 is 0. The smallest absolute Gasteiger partial charge is 0.315 e. The molecule has 108 valence electrons. The van der Waals surface area contributed by atoms with E-state index in [0.717, 1.165) is 5.56 Å². The molecule has 0 radical (unpaired) electrons. The first kappa shape index (κ1) is 14.5. The van der Waals surface area contributed by atoms with Crippen LogP contribution in [0, 0.1) is 0 Å². The summed E-state index contributed by atoms with van der Waals surface area (Å²) in [6, 6.07) is 9.19. The molecule has 1 aliphatic rings. The zero-order valence-electron chi connectivity index (χ0n) is 11.3. The molecule has 1 aromatic rings. The Labute approximate surface area is 117 Å². The Kier molecular flexibility index (Phi) is 4.70. The highest BCUT2D eigenvalue weighted by Gasteiger charge is 2.46. The molecule has 1 fully saturated rings. The van der Waals surface area contributed by atoms with Gasteiger partial charge in [-0.3, -0.25) is 0 Å². The molecule has 0 saturated carbocycles. The van der Waals surface area contributed by atoms with Crippen molar-refractivity contribution >= 4 is 12.3 Å². The summed E-state index contributed by atoms with van der Waals surface area (Å²) in [6.45, 7) is 0.749. The lowest BCUT2D eigenvalue weighted by atomic mass is 9.98. The molecule has 2 amide bonds. The van der Waals surface area contributed by atoms with Crippen molar-refractivity contribution in [3.63, 3.8) is 0 Å². The fraction of sp³-hybridized carbons (Fsp3) is 0.429. The Morgan fingerprint density at radius 2 is 2.25 bits per heavy atom. The van der Waals surface area contributed by atoms with Crippen LogP contribution in [0.25, 0.3) is 0 Å². The number of aldehydes is 1. The second-order valence-corrected chi connectivity index (χ2v) is 4.66. The molecule has 2 N–H and O–H groups in total. The molecular formula is C14H18N2O4. The van der Waals surface area contributed by atoms with Crippen molar-refractivity contribution in [3.8, 4) is 0 Å². The van der Waals surface area contributed by atoms with Gasteiger partial charge in [0.2, 0.25) is 0 Å². The Morgan fingerprint density at radius 1 is 1.50 bits per heavy atom. The molecule has 0 aliphatic carbocycles. The first-order valence-electron chi connectivity index (χ1n) is 6.39. The topological polar surface area (TPSA) is 76.7 Å². The van der Waals surface area contributed by atoms with E-state index in [9.17, 15) is 9.59 Å². The van der Waals surface area contributed by atoms with Crippen LogP contribution in [0.2, 0.25) is 0 Å². The molecule has 2 unspecified atom stereocenters. The van der Waals surface area contributed by atoms with Gasteiger partial charge in [-0.15, -0.1) is 0 Å². The number of carbonyl (C=O) groups is 2. The Morgan fingerprint density at radius 3 is 2.90 bits per heavy atom. The zero-order valence-corrected chi connectivity index (χ0v) is 11.3. The highest BCUT2D eigenvalue weighted by atomic mass is 16.5. The fourth-order valence-electron chi connectivity index (χ4n) is 2.07. The number of benzene rings is 1. The van der Waals surface area contributed by atoms with Crippen LogP contribution in [0.3, 0.4) is 0 Å². The minimum atomic E-state index is -1.13. The van der Waals surface area contributed by atoms with Crippen LogP contribution in [0.1, 0.15) is 5.56 Å². The zero-order chi connectivity index (χ0) is 14.4. The van der Waals surface area contributed by atoms with Crippen LogP contribution >= 0.6 is 0 Å². The van der Waals surface area contributed by atoms with E-state index in [1.54, 1.807) is 0 Å². The summed E-state index contributed by atoms with van der Waals surface area (Å²) in [6.07, 6.45) is 0.183. The van der Waals surface area contributed by atoms with Crippen LogP contribution in [0.4, 0.5) is 4.79 Å². The maximum absolute atomic E-state index is 11.5. The van der Waals surface area contributed by atoms with Crippen LogP contribution < -0.4 is 10.6 Å². The van der Waals surface area contributed by atoms with Crippen LogP contribution in [-0.2, 0) is 20.9 Å². The minimum Gasteiger partial charge on any atom is -0.376 e. The van der Waals surface area contributed by atoms with E-state index in [1.807, 2.05) is 30.3 Å². The van der Waals surface area contributed by atoms with Crippen molar-refractivity contribution in [2.75, 3.05) is 20.3 Å². The van der Waals surface area contributed by atoms with Crippen LogP contribution in [-0.4, -0.2) is 44.2 Å². The highest BCUT2D eigenvalue weighted by Crippen LogP contribution is 2.21. The van der Waals surface area contributed by atoms with Gasteiger partial charge in [0.15, 0.2) is 6.29 Å². The van der Waals surface area contributed by atoms with Crippen molar-refractivity contribution in [2.24, 2.45) is 0 Å². The number of amides is 2. The predicted molar refractivity (Wildman–Crippen MR) is 72.2 cm³/mol. The van der Waals surface area contributed by atoms with Crippen LogP contribution in [0.5, 0.6) is 0 Å². The van der Waals surface area contributed by atoms with E-state index in [4.69, 9.17) is 9.47 Å². The average molecular weight is 278 g/mol. The number of nitrogens with one attached hydrogen (secondary N) is 2. The molecule has 6 heteroatoms. The third-order valence-corrected chi connectivity index (χ3v) is 3.26. The summed E-state index contributed by atoms with van der Waals surface area (Å²) in [5.41, 5.74) is -0.131. The monoisotopic (exact) mass is 278 g/mol. The molecule has 0 bridgehead atoms. The molecule has 1 saturated heterocycles. The van der Waals surface area contributed by atoms with Crippen molar-refractivity contribution in [1.29, 1.82) is 0 Å². The second-order valence-electron chi connectivity index (χ2n) is 4.66. The van der Waals surface area contributed by atoms with Crippen LogP contribution in [0.15, 0.2) is 30.3 Å². The summed E-state index contributed by atoms with van der Waals surface area (Å²) in [7, 11) is 1.49. The quantitative estimate of drug-likeness (QED) is 0.768. The first-order valence-corrected chi connectivity index (χ1v) is 6.39. The maximum Gasteiger partial charge on any atom is 0.315 e. The molecule has 0 spiro atoms. The van der Waals surface area contributed by atoms with Gasteiger partial charge in [0.05, 0.1) is 19.8 Å². The Hall–Kier alpha value is -1.92. The third kappa shape index (κ3) is 3.15. The molecular weight excluding hydrogens is 260 g/mol. The number of rotatable bonds is 5. The van der Waals surface area contributed by atoms with E-state index < -0.39 is 17.7 Å². The lowest BCUT2D eigenvalue weighted by Gasteiger charge is -2.28. The van der Waals surface area contributed by atoms with E-state index in [0.29, 0.717) is 12.9 Å². The van der Waals surface area contributed by atoms with Gasteiger partial charge in [-0.05, 0) is 5.56 Å². The number of hydrogen-bond acceptors (Lipinski definition) is 4. The summed E-state index contributed by atoms with van der Waals surface area (Å²) in [5.74, 6) is 0. The molecule has 2 atom stereocenters. The third-order valence-electron chi connectivity index (χ3n) is 3.26. The van der Waals surface area contributed by atoms with E-state index in [2.05, 4.69) is 10.6 Å². The molecule has 1 heterocycles. The molecule has 2 rings (SSSR count). The highest BCUT2D eigenvalue weighted by molar-refractivity contribution is 5.81. The lowest BCUT2D eigenvalue weighted by Crippen LogP contribution is -2.60. The van der Waals surface area contributed by atoms with Gasteiger partial charge in [-0.1, -0.05) is 30.3 Å². The Bertz CT molecular complexity index is 466. The predicted octanol–water partition coefficient (Wildman–Crippen LogP) is 0.469. The van der Waals surface area contributed by atoms with Crippen molar-refractivity contribution in [2.45, 2.75) is 18.2 Å². The van der Waals surface area contributed by atoms with E-state index in [1.165, 1.54) is 7.05 Å². The SMILES string of the molecule is CNC(=O)NC1(C=O)COCC1OCc1ccccc1. The molecule has 1 aromatic carbocycles. The number of ether oxygens (including phenoxy) is 2. The van der Waals surface area contributed by atoms with Gasteiger partial charge in [-0.2, -0.15) is 0 Å². The largest absolute Gasteiger partial charge is 0.376 e. The van der Waals surface area contributed by atoms with E-state index >= 15 is 0 Å². The fourth-order valence-corrected chi connectivity index (χ4v) is 2.07. The standard InChI is InChI=1S/C14H18N2O4/c1-15-13(18)16-14(9-17)10-19-8-12(14)20-7-11-5-3-2-4-6-11/h2-6,9,12H,7-8,10H2,1H3,(H2,15,16,18). The average Bonchev–Trinajstić information content (AvgIpc) is 2.89. The molecule has 0 aromatic heterocycles. The lowest BCUT2D eigenvalue weighted by molar-refractivity contribution is -0.117. The first-order chi connectivity index (χ1) is 9.70. The molecule has 6 nitrogen and oxygen atoms in total.